The van der Waals surface area contributed by atoms with Gasteiger partial charge in [-0.15, -0.1) is 0 Å². The second kappa shape index (κ2) is 9.83. The average molecular weight is 344 g/mol. The van der Waals surface area contributed by atoms with Crippen molar-refractivity contribution in [1.82, 2.24) is 16.0 Å². The first kappa shape index (κ1) is 19.8. The summed E-state index contributed by atoms with van der Waals surface area (Å²) in [6.07, 6.45) is 2.06. The molecule has 0 saturated carbocycles. The molecule has 0 bridgehead atoms. The van der Waals surface area contributed by atoms with Crippen LogP contribution in [0, 0.1) is 0 Å². The summed E-state index contributed by atoms with van der Waals surface area (Å²) < 4.78 is 0. The first-order valence-electron chi connectivity index (χ1n) is 7.82. The molecule has 1 rings (SSSR count). The molecule has 3 amide bonds. The van der Waals surface area contributed by atoms with Crippen LogP contribution in [0.25, 0.3) is 0 Å². The van der Waals surface area contributed by atoms with Crippen molar-refractivity contribution in [1.29, 1.82) is 0 Å². The number of unbranched alkanes of at least 4 members (excludes halogenated alkanes) is 1. The third-order valence-corrected chi connectivity index (χ3v) is 3.69. The highest BCUT2D eigenvalue weighted by molar-refractivity contribution is 5.94. The average Bonchev–Trinajstić information content (AvgIpc) is 2.97. The van der Waals surface area contributed by atoms with E-state index in [4.69, 9.17) is 15.9 Å². The molecule has 0 aromatic rings. The number of carboxylic acid groups (broad SMARTS) is 1. The molecule has 1 aliphatic rings. The smallest absolute Gasteiger partial charge is 0.328 e. The second-order valence-electron chi connectivity index (χ2n) is 5.59. The number of hydrogen-bond donors (Lipinski definition) is 6. The van der Waals surface area contributed by atoms with Crippen LogP contribution in [0.3, 0.4) is 0 Å². The van der Waals surface area contributed by atoms with Gasteiger partial charge in [0.15, 0.2) is 0 Å². The highest BCUT2D eigenvalue weighted by Crippen LogP contribution is 2.08. The van der Waals surface area contributed by atoms with E-state index in [0.717, 1.165) is 0 Å². The summed E-state index contributed by atoms with van der Waals surface area (Å²) in [6.45, 7) is -0.335. The van der Waals surface area contributed by atoms with E-state index >= 15 is 0 Å². The quantitative estimate of drug-likeness (QED) is 0.237. The van der Waals surface area contributed by atoms with Crippen LogP contribution in [0.5, 0.6) is 0 Å². The topological polar surface area (TPSA) is 171 Å². The monoisotopic (exact) mass is 344 g/mol. The first-order valence-corrected chi connectivity index (χ1v) is 7.82. The van der Waals surface area contributed by atoms with Crippen LogP contribution >= 0.6 is 0 Å². The van der Waals surface area contributed by atoms with Crippen LogP contribution in [0.2, 0.25) is 0 Å². The standard InChI is InChI=1S/C14H24N4O6/c15-6-2-1-3-8(12(21)18-10(7-19)14(23)24)17-13(22)9-4-5-11(20)16-9/h8-10,19H,1-7,15H2,(H,16,20)(H,17,22)(H,18,21)(H,23,24)/t8-,9-,10-/m0/s1. The van der Waals surface area contributed by atoms with Gasteiger partial charge in [-0.2, -0.15) is 0 Å². The Morgan fingerprint density at radius 2 is 1.96 bits per heavy atom. The number of carbonyl (C=O) groups excluding carboxylic acids is 3. The summed E-state index contributed by atoms with van der Waals surface area (Å²) in [5.41, 5.74) is 5.40. The second-order valence-corrected chi connectivity index (χ2v) is 5.59. The Morgan fingerprint density at radius 3 is 2.46 bits per heavy atom. The molecule has 10 heteroatoms. The molecule has 1 fully saturated rings. The Kier molecular flexibility index (Phi) is 8.13. The van der Waals surface area contributed by atoms with Gasteiger partial charge in [-0.3, -0.25) is 14.4 Å². The van der Waals surface area contributed by atoms with Crippen LogP contribution < -0.4 is 21.7 Å². The molecule has 1 saturated heterocycles. The third-order valence-electron chi connectivity index (χ3n) is 3.69. The first-order chi connectivity index (χ1) is 11.4. The number of carboxylic acids is 1. The molecule has 0 spiro atoms. The maximum atomic E-state index is 12.2. The minimum absolute atomic E-state index is 0.231. The lowest BCUT2D eigenvalue weighted by molar-refractivity contribution is -0.143. The lowest BCUT2D eigenvalue weighted by Gasteiger charge is -2.22. The van der Waals surface area contributed by atoms with E-state index < -0.39 is 42.5 Å². The number of rotatable bonds is 10. The molecule has 1 aliphatic heterocycles. The number of nitrogens with two attached hydrogens (primary N) is 1. The Labute approximate surface area is 139 Å². The van der Waals surface area contributed by atoms with E-state index in [2.05, 4.69) is 16.0 Å². The highest BCUT2D eigenvalue weighted by Gasteiger charge is 2.31. The molecule has 0 unspecified atom stereocenters. The van der Waals surface area contributed by atoms with Gasteiger partial charge < -0.3 is 31.9 Å². The number of aliphatic carboxylic acids is 1. The molecule has 136 valence electrons. The number of aliphatic hydroxyl groups excluding tert-OH is 1. The van der Waals surface area contributed by atoms with Gasteiger partial charge in [0.05, 0.1) is 6.61 Å². The third kappa shape index (κ3) is 6.13. The zero-order valence-corrected chi connectivity index (χ0v) is 13.3. The summed E-state index contributed by atoms with van der Waals surface area (Å²) in [4.78, 5) is 46.4. The molecule has 0 aromatic carbocycles. The largest absolute Gasteiger partial charge is 0.480 e. The Morgan fingerprint density at radius 1 is 1.25 bits per heavy atom. The lowest BCUT2D eigenvalue weighted by atomic mass is 10.1. The van der Waals surface area contributed by atoms with Crippen molar-refractivity contribution < 1.29 is 29.4 Å². The summed E-state index contributed by atoms with van der Waals surface area (Å²) in [5.74, 6) is -2.80. The Hall–Kier alpha value is -2.20. The van der Waals surface area contributed by atoms with E-state index in [-0.39, 0.29) is 18.7 Å². The molecule has 0 radical (unpaired) electrons. The molecular weight excluding hydrogens is 320 g/mol. The summed E-state index contributed by atoms with van der Waals surface area (Å²) in [6, 6.07) is -3.11. The minimum atomic E-state index is -1.45. The van der Waals surface area contributed by atoms with Gasteiger partial charge in [-0.1, -0.05) is 0 Å². The van der Waals surface area contributed by atoms with Crippen molar-refractivity contribution in [2.45, 2.75) is 50.2 Å². The lowest BCUT2D eigenvalue weighted by Crippen LogP contribution is -2.55. The van der Waals surface area contributed by atoms with Crippen molar-refractivity contribution in [2.75, 3.05) is 13.2 Å². The van der Waals surface area contributed by atoms with Crippen LogP contribution in [-0.4, -0.2) is 65.2 Å². The van der Waals surface area contributed by atoms with Crippen molar-refractivity contribution in [3.8, 4) is 0 Å². The van der Waals surface area contributed by atoms with E-state index in [1.807, 2.05) is 0 Å². The molecule has 0 aromatic heterocycles. The van der Waals surface area contributed by atoms with Gasteiger partial charge >= 0.3 is 5.97 Å². The molecule has 10 nitrogen and oxygen atoms in total. The predicted molar refractivity (Wildman–Crippen MR) is 82.7 cm³/mol. The summed E-state index contributed by atoms with van der Waals surface area (Å²) in [5, 5.41) is 25.1. The van der Waals surface area contributed by atoms with Crippen molar-refractivity contribution >= 4 is 23.7 Å². The van der Waals surface area contributed by atoms with Gasteiger partial charge in [-0.05, 0) is 32.2 Å². The van der Waals surface area contributed by atoms with Gasteiger partial charge in [-0.25, -0.2) is 4.79 Å². The summed E-state index contributed by atoms with van der Waals surface area (Å²) in [7, 11) is 0. The number of carbonyl (C=O) groups is 4. The Balaban J connectivity index is 2.67. The van der Waals surface area contributed by atoms with Crippen LogP contribution in [-0.2, 0) is 19.2 Å². The van der Waals surface area contributed by atoms with E-state index in [0.29, 0.717) is 25.8 Å². The summed E-state index contributed by atoms with van der Waals surface area (Å²) >= 11 is 0. The normalized spacial score (nSPS) is 19.2. The van der Waals surface area contributed by atoms with Gasteiger partial charge in [0.2, 0.25) is 17.7 Å². The fraction of sp³-hybridized carbons (Fsp3) is 0.714. The number of amides is 3. The predicted octanol–water partition coefficient (Wildman–Crippen LogP) is -2.56. The van der Waals surface area contributed by atoms with Crippen molar-refractivity contribution in [3.05, 3.63) is 0 Å². The number of aliphatic hydroxyl groups is 1. The van der Waals surface area contributed by atoms with Gasteiger partial charge in [0.25, 0.3) is 0 Å². The van der Waals surface area contributed by atoms with Crippen molar-refractivity contribution in [3.63, 3.8) is 0 Å². The number of nitrogens with one attached hydrogen (secondary N) is 3. The number of hydrogen-bond acceptors (Lipinski definition) is 6. The maximum absolute atomic E-state index is 12.2. The fourth-order valence-electron chi connectivity index (χ4n) is 2.30. The zero-order valence-electron chi connectivity index (χ0n) is 13.3. The van der Waals surface area contributed by atoms with Crippen LogP contribution in [0.4, 0.5) is 0 Å². The van der Waals surface area contributed by atoms with Crippen molar-refractivity contribution in [2.24, 2.45) is 5.73 Å². The highest BCUT2D eigenvalue weighted by atomic mass is 16.4. The molecule has 24 heavy (non-hydrogen) atoms. The van der Waals surface area contributed by atoms with E-state index in [1.54, 1.807) is 0 Å². The van der Waals surface area contributed by atoms with Gasteiger partial charge in [0, 0.05) is 6.42 Å². The SMILES string of the molecule is NCCCC[C@H](NC(=O)[C@@H]1CCC(=O)N1)C(=O)N[C@@H](CO)C(=O)O. The zero-order chi connectivity index (χ0) is 18.1. The molecule has 1 heterocycles. The molecular formula is C14H24N4O6. The van der Waals surface area contributed by atoms with Crippen LogP contribution in [0.15, 0.2) is 0 Å². The Bertz CT molecular complexity index is 484. The molecule has 7 N–H and O–H groups in total. The van der Waals surface area contributed by atoms with E-state index in [9.17, 15) is 19.2 Å². The molecule has 3 atom stereocenters. The van der Waals surface area contributed by atoms with Crippen LogP contribution in [0.1, 0.15) is 32.1 Å². The maximum Gasteiger partial charge on any atom is 0.328 e. The minimum Gasteiger partial charge on any atom is -0.480 e. The fourth-order valence-corrected chi connectivity index (χ4v) is 2.30. The van der Waals surface area contributed by atoms with E-state index in [1.165, 1.54) is 0 Å². The molecule has 0 aliphatic carbocycles. The van der Waals surface area contributed by atoms with Gasteiger partial charge in [0.1, 0.15) is 18.1 Å².